The summed E-state index contributed by atoms with van der Waals surface area (Å²) in [4.78, 5) is 27.6. The van der Waals surface area contributed by atoms with Crippen LogP contribution in [0.2, 0.25) is 0 Å². The number of benzene rings is 3. The van der Waals surface area contributed by atoms with Crippen LogP contribution in [0.5, 0.6) is 0 Å². The number of carbonyl (C=O) groups is 2. The third-order valence-corrected chi connectivity index (χ3v) is 5.05. The number of anilines is 2. The second-order valence-electron chi connectivity index (χ2n) is 7.08. The van der Waals surface area contributed by atoms with E-state index in [-0.39, 0.29) is 17.9 Å². The Kier molecular flexibility index (Phi) is 4.84. The lowest BCUT2D eigenvalue weighted by molar-refractivity contribution is 0.0981. The number of fused-ring (bicyclic) bond motifs is 1. The molecule has 0 fully saturated rings. The Labute approximate surface area is 169 Å². The van der Waals surface area contributed by atoms with Crippen LogP contribution < -0.4 is 10.2 Å². The highest BCUT2D eigenvalue weighted by atomic mass is 16.2. The first kappa shape index (κ1) is 18.5. The van der Waals surface area contributed by atoms with Gasteiger partial charge in [0.05, 0.1) is 11.6 Å². The lowest BCUT2D eigenvalue weighted by atomic mass is 10.1. The summed E-state index contributed by atoms with van der Waals surface area (Å²) in [5, 5.41) is 11.8. The topological polar surface area (TPSA) is 73.2 Å². The molecule has 0 saturated heterocycles. The van der Waals surface area contributed by atoms with Crippen LogP contribution in [0, 0.1) is 11.3 Å². The summed E-state index contributed by atoms with van der Waals surface area (Å²) in [7, 11) is 0. The van der Waals surface area contributed by atoms with E-state index in [1.54, 1.807) is 53.4 Å². The molecule has 4 rings (SSSR count). The Morgan fingerprint density at radius 3 is 2.59 bits per heavy atom. The molecule has 0 aromatic heterocycles. The van der Waals surface area contributed by atoms with Crippen molar-refractivity contribution in [2.75, 3.05) is 10.2 Å². The monoisotopic (exact) mass is 381 g/mol. The summed E-state index contributed by atoms with van der Waals surface area (Å²) < 4.78 is 0. The number of nitrogens with one attached hydrogen (secondary N) is 1. The molecule has 3 aromatic carbocycles. The maximum atomic E-state index is 13.2. The van der Waals surface area contributed by atoms with Crippen LogP contribution in [0.3, 0.4) is 0 Å². The molecule has 0 radical (unpaired) electrons. The molecule has 0 bridgehead atoms. The summed E-state index contributed by atoms with van der Waals surface area (Å²) >= 11 is 0. The van der Waals surface area contributed by atoms with E-state index in [4.69, 9.17) is 5.26 Å². The Morgan fingerprint density at radius 1 is 1.00 bits per heavy atom. The van der Waals surface area contributed by atoms with Crippen molar-refractivity contribution in [1.82, 2.24) is 0 Å². The minimum Gasteiger partial charge on any atom is -0.322 e. The van der Waals surface area contributed by atoms with Crippen LogP contribution >= 0.6 is 0 Å². The van der Waals surface area contributed by atoms with Crippen LogP contribution in [-0.2, 0) is 6.42 Å². The van der Waals surface area contributed by atoms with Gasteiger partial charge in [-0.1, -0.05) is 30.3 Å². The maximum absolute atomic E-state index is 13.2. The largest absolute Gasteiger partial charge is 0.322 e. The summed E-state index contributed by atoms with van der Waals surface area (Å²) in [6.07, 6.45) is 0.817. The normalized spacial score (nSPS) is 14.8. The van der Waals surface area contributed by atoms with E-state index >= 15 is 0 Å². The van der Waals surface area contributed by atoms with Crippen LogP contribution in [0.1, 0.15) is 38.8 Å². The van der Waals surface area contributed by atoms with Gasteiger partial charge in [-0.25, -0.2) is 0 Å². The lowest BCUT2D eigenvalue weighted by Crippen LogP contribution is -2.35. The smallest absolute Gasteiger partial charge is 0.258 e. The molecule has 1 aliphatic rings. The molecule has 5 nitrogen and oxygen atoms in total. The minimum atomic E-state index is -0.329. The third kappa shape index (κ3) is 3.61. The number of hydrogen-bond donors (Lipinski definition) is 1. The van der Waals surface area contributed by atoms with Gasteiger partial charge in [-0.3, -0.25) is 9.59 Å². The zero-order valence-electron chi connectivity index (χ0n) is 15.9. The number of rotatable bonds is 3. The molecule has 2 amide bonds. The molecule has 0 aliphatic carbocycles. The highest BCUT2D eigenvalue weighted by Gasteiger charge is 2.31. The van der Waals surface area contributed by atoms with E-state index < -0.39 is 0 Å². The predicted octanol–water partition coefficient (Wildman–Crippen LogP) is 4.40. The van der Waals surface area contributed by atoms with Gasteiger partial charge in [0.15, 0.2) is 0 Å². The molecule has 1 aliphatic heterocycles. The molecule has 29 heavy (non-hydrogen) atoms. The zero-order valence-corrected chi connectivity index (χ0v) is 15.9. The van der Waals surface area contributed by atoms with Gasteiger partial charge in [0, 0.05) is 28.5 Å². The number of carbonyl (C=O) groups excluding carboxylic acids is 2. The molecule has 3 aromatic rings. The SMILES string of the molecule is CC1Cc2ccccc2N1C(=O)c1cccc(C(=O)Nc2cccc(C#N)c2)c1. The van der Waals surface area contributed by atoms with Crippen molar-refractivity contribution in [2.24, 2.45) is 0 Å². The van der Waals surface area contributed by atoms with E-state index in [1.807, 2.05) is 37.3 Å². The third-order valence-electron chi connectivity index (χ3n) is 5.05. The number of nitriles is 1. The van der Waals surface area contributed by atoms with Crippen molar-refractivity contribution >= 4 is 23.2 Å². The van der Waals surface area contributed by atoms with Gasteiger partial charge in [0.25, 0.3) is 11.8 Å². The number of hydrogen-bond acceptors (Lipinski definition) is 3. The highest BCUT2D eigenvalue weighted by Crippen LogP contribution is 2.33. The van der Waals surface area contributed by atoms with Gasteiger partial charge >= 0.3 is 0 Å². The van der Waals surface area contributed by atoms with Crippen LogP contribution in [0.4, 0.5) is 11.4 Å². The number of amides is 2. The van der Waals surface area contributed by atoms with Crippen LogP contribution in [0.25, 0.3) is 0 Å². The number of nitrogens with zero attached hydrogens (tertiary/aromatic N) is 2. The Hall–Kier alpha value is -3.91. The van der Waals surface area contributed by atoms with Crippen LogP contribution in [0.15, 0.2) is 72.8 Å². The average Bonchev–Trinajstić information content (AvgIpc) is 3.09. The predicted molar refractivity (Wildman–Crippen MR) is 112 cm³/mol. The minimum absolute atomic E-state index is 0.0612. The molecule has 1 N–H and O–H groups in total. The van der Waals surface area contributed by atoms with Gasteiger partial charge in [-0.2, -0.15) is 5.26 Å². The Balaban J connectivity index is 1.58. The summed E-state index contributed by atoms with van der Waals surface area (Å²) in [6, 6.07) is 23.4. The van der Waals surface area contributed by atoms with Crippen LogP contribution in [-0.4, -0.2) is 17.9 Å². The summed E-state index contributed by atoms with van der Waals surface area (Å²) in [5.74, 6) is -0.451. The maximum Gasteiger partial charge on any atom is 0.258 e. The van der Waals surface area contributed by atoms with Gasteiger partial charge in [-0.05, 0) is 61.4 Å². The van der Waals surface area contributed by atoms with Crippen molar-refractivity contribution in [3.8, 4) is 6.07 Å². The molecule has 1 unspecified atom stereocenters. The fourth-order valence-corrected chi connectivity index (χ4v) is 3.68. The van der Waals surface area contributed by atoms with Gasteiger partial charge < -0.3 is 10.2 Å². The first-order valence-electron chi connectivity index (χ1n) is 9.40. The van der Waals surface area contributed by atoms with E-state index in [9.17, 15) is 9.59 Å². The molecule has 142 valence electrons. The van der Waals surface area contributed by atoms with Gasteiger partial charge in [0.1, 0.15) is 0 Å². The van der Waals surface area contributed by atoms with Gasteiger partial charge in [0.2, 0.25) is 0 Å². The quantitative estimate of drug-likeness (QED) is 0.731. The van der Waals surface area contributed by atoms with Crippen molar-refractivity contribution < 1.29 is 9.59 Å². The van der Waals surface area contributed by atoms with E-state index in [0.717, 1.165) is 17.7 Å². The zero-order chi connectivity index (χ0) is 20.4. The fraction of sp³-hybridized carbons (Fsp3) is 0.125. The van der Waals surface area contributed by atoms with E-state index in [2.05, 4.69) is 5.32 Å². The highest BCUT2D eigenvalue weighted by molar-refractivity contribution is 6.10. The second kappa shape index (κ2) is 7.61. The summed E-state index contributed by atoms with van der Waals surface area (Å²) in [5.41, 5.74) is 3.93. The second-order valence-corrected chi connectivity index (χ2v) is 7.08. The Bertz CT molecular complexity index is 1150. The lowest BCUT2D eigenvalue weighted by Gasteiger charge is -2.23. The first-order valence-corrected chi connectivity index (χ1v) is 9.40. The molecule has 5 heteroatoms. The molecule has 0 saturated carbocycles. The molecular weight excluding hydrogens is 362 g/mol. The molecule has 1 atom stereocenters. The van der Waals surface area contributed by atoms with E-state index in [0.29, 0.717) is 22.4 Å². The molecule has 0 spiro atoms. The van der Waals surface area contributed by atoms with Crippen molar-refractivity contribution in [2.45, 2.75) is 19.4 Å². The van der Waals surface area contributed by atoms with Crippen molar-refractivity contribution in [3.05, 3.63) is 95.1 Å². The summed E-state index contributed by atoms with van der Waals surface area (Å²) in [6.45, 7) is 2.02. The number of para-hydroxylation sites is 1. The van der Waals surface area contributed by atoms with Crippen molar-refractivity contribution in [3.63, 3.8) is 0 Å². The molecule has 1 heterocycles. The molecular formula is C24H19N3O2. The van der Waals surface area contributed by atoms with Gasteiger partial charge in [-0.15, -0.1) is 0 Å². The van der Waals surface area contributed by atoms with Crippen molar-refractivity contribution in [1.29, 1.82) is 5.26 Å². The first-order chi connectivity index (χ1) is 14.1. The standard InChI is InChI=1S/C24H19N3O2/c1-16-12-18-7-2-3-11-22(18)27(16)24(29)20-9-5-8-19(14-20)23(28)26-21-10-4-6-17(13-21)15-25/h2-11,13-14,16H,12H2,1H3,(H,26,28). The fourth-order valence-electron chi connectivity index (χ4n) is 3.68. The Morgan fingerprint density at radius 2 is 1.76 bits per heavy atom. The average molecular weight is 381 g/mol. The van der Waals surface area contributed by atoms with E-state index in [1.165, 1.54) is 0 Å².